The summed E-state index contributed by atoms with van der Waals surface area (Å²) in [5, 5.41) is 37.6. The van der Waals surface area contributed by atoms with Crippen LogP contribution in [0.1, 0.15) is 25.1 Å². The Morgan fingerprint density at radius 3 is 2.32 bits per heavy atom. The number of rotatable bonds is 8. The summed E-state index contributed by atoms with van der Waals surface area (Å²) in [4.78, 5) is 37.5. The second-order valence-electron chi connectivity index (χ2n) is 9.39. The van der Waals surface area contributed by atoms with Crippen LogP contribution in [0.4, 0.5) is 18.9 Å². The van der Waals surface area contributed by atoms with E-state index in [0.717, 1.165) is 11.3 Å². The first kappa shape index (κ1) is 32.4. The third-order valence-electron chi connectivity index (χ3n) is 6.47. The van der Waals surface area contributed by atoms with Crippen molar-refractivity contribution in [1.29, 1.82) is 0 Å². The predicted octanol–water partition coefficient (Wildman–Crippen LogP) is 1.93. The van der Waals surface area contributed by atoms with Gasteiger partial charge in [-0.2, -0.15) is 13.2 Å². The predicted molar refractivity (Wildman–Crippen MR) is 136 cm³/mol. The quantitative estimate of drug-likeness (QED) is 0.107. The zero-order chi connectivity index (χ0) is 31.1. The number of aryl methyl sites for hydroxylation is 1. The van der Waals surface area contributed by atoms with Crippen molar-refractivity contribution >= 4 is 51.0 Å². The number of aromatic nitrogens is 2. The molecule has 0 aliphatic carbocycles. The molecule has 2 aromatic rings. The Labute approximate surface area is 239 Å². The van der Waals surface area contributed by atoms with Crippen LogP contribution in [0.3, 0.4) is 0 Å². The van der Waals surface area contributed by atoms with Crippen molar-refractivity contribution in [3.8, 4) is 0 Å². The maximum atomic E-state index is 12.9. The van der Waals surface area contributed by atoms with Crippen LogP contribution in [-0.4, -0.2) is 67.6 Å². The Bertz CT molecular complexity index is 1490. The molecule has 4 rings (SSSR count). The zero-order valence-corrected chi connectivity index (χ0v) is 23.9. The van der Waals surface area contributed by atoms with E-state index < -0.39 is 55.9 Å². The molecule has 4 atom stereocenters. The number of amides is 1. The van der Waals surface area contributed by atoms with E-state index in [1.807, 2.05) is 19.4 Å². The number of β-lactam (4-membered cyclic amide) rings is 1. The fourth-order valence-corrected chi connectivity index (χ4v) is 6.72. The number of carbonyl (C=O) groups excluding carboxylic acids is 1. The van der Waals surface area contributed by atoms with Crippen molar-refractivity contribution in [2.75, 3.05) is 0 Å². The van der Waals surface area contributed by atoms with Crippen molar-refractivity contribution in [2.45, 2.75) is 43.7 Å². The van der Waals surface area contributed by atoms with Crippen LogP contribution in [-0.2, 0) is 38.9 Å². The lowest BCUT2D eigenvalue weighted by atomic mass is 9.67. The Kier molecular flexibility index (Phi) is 9.19. The van der Waals surface area contributed by atoms with Gasteiger partial charge in [0.25, 0.3) is 5.69 Å². The lowest BCUT2D eigenvalue weighted by Crippen LogP contribution is -2.66. The van der Waals surface area contributed by atoms with Crippen molar-refractivity contribution < 1.29 is 54.9 Å². The molecular formula is C22H23F3N4O9S3. The first-order valence-corrected chi connectivity index (χ1v) is 14.7. The summed E-state index contributed by atoms with van der Waals surface area (Å²) in [5.74, 6) is -1.90. The molecule has 3 heterocycles. The van der Waals surface area contributed by atoms with Crippen molar-refractivity contribution in [2.24, 2.45) is 18.4 Å². The second-order valence-corrected chi connectivity index (χ2v) is 12.7. The number of nitro benzene ring substituents is 1. The minimum Gasteiger partial charge on any atom is -0.741 e. The SMILES string of the molecule is C[C@@H](O)[C@H]1C(=O)N2C(C(=O)O)=C(SCc3cs[n+](C)n3)[C@](C)(Cc3ccc([N+](=O)[O-])cc3)[C@H]12.O=S(=O)([O-])C(F)(F)F. The summed E-state index contributed by atoms with van der Waals surface area (Å²) in [5.41, 5.74) is -4.98. The summed E-state index contributed by atoms with van der Waals surface area (Å²) in [6.07, 6.45) is -0.584. The van der Waals surface area contributed by atoms with Crippen molar-refractivity contribution in [1.82, 2.24) is 10.00 Å². The standard InChI is InChI=1S/C21H22N4O6S2.CHF3O3S/c1-11(26)15-17-21(2,8-12-4-6-14(7-5-12)25(30)31)18(16(20(28)29)24(17)19(15)27)32-9-13-10-33-23(3)22-13;2-1(3,4)8(5,6)7/h4-7,10-11,15,17,26H,8-9H2,1-3H3;(H,5,6,7)/t11-,15-,17+,21-;/m1./s1. The highest BCUT2D eigenvalue weighted by Gasteiger charge is 2.66. The molecule has 1 aromatic heterocycles. The summed E-state index contributed by atoms with van der Waals surface area (Å²) >= 11 is 2.76. The van der Waals surface area contributed by atoms with Gasteiger partial charge in [-0.25, -0.2) is 13.2 Å². The number of hydrogen-bond donors (Lipinski definition) is 2. The smallest absolute Gasteiger partial charge is 0.485 e. The molecule has 41 heavy (non-hydrogen) atoms. The number of benzene rings is 1. The third kappa shape index (κ3) is 6.53. The largest absolute Gasteiger partial charge is 0.741 e. The number of fused-ring (bicyclic) bond motifs is 1. The molecule has 2 N–H and O–H groups in total. The Hall–Kier alpha value is -3.13. The van der Waals surface area contributed by atoms with E-state index in [1.165, 1.54) is 47.3 Å². The summed E-state index contributed by atoms with van der Waals surface area (Å²) < 4.78 is 60.6. The summed E-state index contributed by atoms with van der Waals surface area (Å²) in [6.45, 7) is 3.43. The lowest BCUT2D eigenvalue weighted by molar-refractivity contribution is -0.663. The number of carbonyl (C=O) groups is 2. The highest BCUT2D eigenvalue weighted by molar-refractivity contribution is 8.02. The van der Waals surface area contributed by atoms with Crippen LogP contribution < -0.4 is 4.07 Å². The number of halogens is 3. The molecule has 0 saturated carbocycles. The van der Waals surface area contributed by atoms with Gasteiger partial charge in [0.15, 0.2) is 28.7 Å². The number of carboxylic acid groups (broad SMARTS) is 1. The number of aliphatic hydroxyl groups is 1. The van der Waals surface area contributed by atoms with Gasteiger partial charge in [0, 0.05) is 33.3 Å². The van der Waals surface area contributed by atoms with E-state index in [2.05, 4.69) is 5.10 Å². The number of nitrogens with zero attached hydrogens (tertiary/aromatic N) is 4. The fraction of sp³-hybridized carbons (Fsp3) is 0.455. The van der Waals surface area contributed by atoms with Gasteiger partial charge in [0.2, 0.25) is 5.91 Å². The fourth-order valence-electron chi connectivity index (χ4n) is 4.78. The number of aliphatic hydroxyl groups excluding tert-OH is 1. The van der Waals surface area contributed by atoms with E-state index in [-0.39, 0.29) is 11.4 Å². The number of alkyl halides is 3. The van der Waals surface area contributed by atoms with E-state index in [4.69, 9.17) is 13.0 Å². The zero-order valence-electron chi connectivity index (χ0n) is 21.4. The molecule has 0 unspecified atom stereocenters. The first-order valence-electron chi connectivity index (χ1n) is 11.5. The number of aliphatic carboxylic acids is 1. The second kappa shape index (κ2) is 11.6. The number of thioether (sulfide) groups is 1. The van der Waals surface area contributed by atoms with Crippen molar-refractivity contribution in [3.63, 3.8) is 0 Å². The molecule has 1 fully saturated rings. The van der Waals surface area contributed by atoms with Crippen molar-refractivity contribution in [3.05, 3.63) is 61.6 Å². The van der Waals surface area contributed by atoms with Gasteiger partial charge in [-0.1, -0.05) is 19.1 Å². The topological polar surface area (TPSA) is 195 Å². The minimum atomic E-state index is -6.09. The van der Waals surface area contributed by atoms with Gasteiger partial charge in [0.05, 0.1) is 28.4 Å². The lowest BCUT2D eigenvalue weighted by Gasteiger charge is -2.51. The molecule has 0 spiro atoms. The number of hydrogen-bond acceptors (Lipinski definition) is 11. The van der Waals surface area contributed by atoms with Crippen LogP contribution in [0.5, 0.6) is 0 Å². The molecular weight excluding hydrogens is 617 g/mol. The van der Waals surface area contributed by atoms with Gasteiger partial charge in [-0.15, -0.1) is 11.8 Å². The number of carboxylic acids is 1. The van der Waals surface area contributed by atoms with Gasteiger partial charge in [-0.3, -0.25) is 14.9 Å². The maximum Gasteiger partial charge on any atom is 0.485 e. The van der Waals surface area contributed by atoms with Gasteiger partial charge in [0.1, 0.15) is 11.4 Å². The molecule has 19 heteroatoms. The van der Waals surface area contributed by atoms with E-state index in [9.17, 15) is 43.1 Å². The van der Waals surface area contributed by atoms with E-state index in [0.29, 0.717) is 17.1 Å². The molecule has 2 aliphatic heterocycles. The number of non-ortho nitro benzene ring substituents is 1. The minimum absolute atomic E-state index is 0.0367. The molecule has 2 aliphatic rings. The van der Waals surface area contributed by atoms with Crippen LogP contribution in [0.15, 0.2) is 40.2 Å². The normalized spacial score (nSPS) is 22.9. The van der Waals surface area contributed by atoms with Crippen LogP contribution >= 0.6 is 23.3 Å². The Morgan fingerprint density at radius 1 is 1.34 bits per heavy atom. The Balaban J connectivity index is 0.000000507. The molecule has 1 aromatic carbocycles. The van der Waals surface area contributed by atoms with Crippen LogP contribution in [0.2, 0.25) is 0 Å². The van der Waals surface area contributed by atoms with E-state index in [1.54, 1.807) is 16.2 Å². The summed E-state index contributed by atoms with van der Waals surface area (Å²) in [7, 11) is -4.28. The van der Waals surface area contributed by atoms with Crippen LogP contribution in [0.25, 0.3) is 0 Å². The average Bonchev–Trinajstić information content (AvgIpc) is 3.33. The van der Waals surface area contributed by atoms with Gasteiger partial charge >= 0.3 is 11.5 Å². The number of nitro groups is 1. The molecule has 0 radical (unpaired) electrons. The molecule has 224 valence electrons. The highest BCUT2D eigenvalue weighted by Crippen LogP contribution is 2.59. The Morgan fingerprint density at radius 2 is 1.90 bits per heavy atom. The third-order valence-corrected chi connectivity index (χ3v) is 9.19. The maximum absolute atomic E-state index is 12.9. The molecule has 0 bridgehead atoms. The van der Waals surface area contributed by atoms with E-state index >= 15 is 0 Å². The summed E-state index contributed by atoms with van der Waals surface area (Å²) in [6, 6.07) is 5.58. The van der Waals surface area contributed by atoms with Crippen LogP contribution in [0, 0.1) is 21.4 Å². The average molecular weight is 641 g/mol. The monoisotopic (exact) mass is 640 g/mol. The molecule has 13 nitrogen and oxygen atoms in total. The van der Waals surface area contributed by atoms with Gasteiger partial charge in [-0.05, 0) is 23.0 Å². The first-order chi connectivity index (χ1) is 18.8. The molecule has 1 amide bonds. The highest BCUT2D eigenvalue weighted by atomic mass is 32.2. The molecule has 1 saturated heterocycles. The van der Waals surface area contributed by atoms with Gasteiger partial charge < -0.3 is 19.7 Å².